The van der Waals surface area contributed by atoms with Gasteiger partial charge in [0.2, 0.25) is 0 Å². The van der Waals surface area contributed by atoms with E-state index in [1.165, 1.54) is 5.56 Å². The van der Waals surface area contributed by atoms with Crippen LogP contribution in [0.15, 0.2) is 29.6 Å². The molecule has 0 aliphatic heterocycles. The SMILES string of the molecule is CCOCCOC(=O)Cc1csc(-c2cccc(C)c2)n1. The van der Waals surface area contributed by atoms with E-state index < -0.39 is 0 Å². The Morgan fingerprint density at radius 2 is 2.19 bits per heavy atom. The van der Waals surface area contributed by atoms with Gasteiger partial charge in [0.05, 0.1) is 18.7 Å². The molecule has 0 radical (unpaired) electrons. The third-order valence-electron chi connectivity index (χ3n) is 2.84. The summed E-state index contributed by atoms with van der Waals surface area (Å²) in [5, 5.41) is 2.83. The molecule has 0 saturated carbocycles. The highest BCUT2D eigenvalue weighted by Gasteiger charge is 2.10. The van der Waals surface area contributed by atoms with Gasteiger partial charge >= 0.3 is 5.97 Å². The highest BCUT2D eigenvalue weighted by molar-refractivity contribution is 7.13. The summed E-state index contributed by atoms with van der Waals surface area (Å²) >= 11 is 1.54. The predicted octanol–water partition coefficient (Wildman–Crippen LogP) is 3.24. The van der Waals surface area contributed by atoms with Gasteiger partial charge in [0, 0.05) is 17.6 Å². The van der Waals surface area contributed by atoms with Crippen LogP contribution in [0, 0.1) is 6.92 Å². The maximum absolute atomic E-state index is 11.7. The zero-order valence-electron chi connectivity index (χ0n) is 12.3. The number of nitrogens with zero attached hydrogens (tertiary/aromatic N) is 1. The summed E-state index contributed by atoms with van der Waals surface area (Å²) in [7, 11) is 0. The lowest BCUT2D eigenvalue weighted by Crippen LogP contribution is -2.12. The van der Waals surface area contributed by atoms with Gasteiger partial charge in [-0.25, -0.2) is 4.98 Å². The van der Waals surface area contributed by atoms with Crippen LogP contribution in [0.25, 0.3) is 10.6 Å². The Morgan fingerprint density at radius 3 is 2.95 bits per heavy atom. The maximum Gasteiger partial charge on any atom is 0.311 e. The van der Waals surface area contributed by atoms with E-state index >= 15 is 0 Å². The number of esters is 1. The molecule has 0 fully saturated rings. The first kappa shape index (κ1) is 15.7. The molecule has 112 valence electrons. The minimum absolute atomic E-state index is 0.203. The van der Waals surface area contributed by atoms with Gasteiger partial charge in [-0.2, -0.15) is 0 Å². The largest absolute Gasteiger partial charge is 0.463 e. The smallest absolute Gasteiger partial charge is 0.311 e. The fourth-order valence-corrected chi connectivity index (χ4v) is 2.67. The van der Waals surface area contributed by atoms with Crippen LogP contribution in [0.5, 0.6) is 0 Å². The molecule has 2 aromatic rings. The van der Waals surface area contributed by atoms with Gasteiger partial charge in [0.15, 0.2) is 0 Å². The molecular formula is C16H19NO3S. The van der Waals surface area contributed by atoms with E-state index in [1.54, 1.807) is 11.3 Å². The Balaban J connectivity index is 1.90. The molecule has 2 rings (SSSR count). The number of benzene rings is 1. The first-order chi connectivity index (χ1) is 10.2. The van der Waals surface area contributed by atoms with E-state index in [-0.39, 0.29) is 12.4 Å². The molecule has 21 heavy (non-hydrogen) atoms. The van der Waals surface area contributed by atoms with Crippen molar-refractivity contribution < 1.29 is 14.3 Å². The molecule has 1 heterocycles. The van der Waals surface area contributed by atoms with Crippen molar-refractivity contribution in [2.75, 3.05) is 19.8 Å². The van der Waals surface area contributed by atoms with Gasteiger partial charge in [0.1, 0.15) is 11.6 Å². The van der Waals surface area contributed by atoms with E-state index in [9.17, 15) is 4.79 Å². The summed E-state index contributed by atoms with van der Waals surface area (Å²) in [6.45, 7) is 5.32. The molecule has 0 bridgehead atoms. The lowest BCUT2D eigenvalue weighted by molar-refractivity contribution is -0.144. The van der Waals surface area contributed by atoms with Gasteiger partial charge in [-0.15, -0.1) is 11.3 Å². The van der Waals surface area contributed by atoms with Crippen molar-refractivity contribution in [2.45, 2.75) is 20.3 Å². The summed E-state index contributed by atoms with van der Waals surface area (Å²) in [5.74, 6) is -0.268. The third-order valence-corrected chi connectivity index (χ3v) is 3.78. The number of thiazole rings is 1. The quantitative estimate of drug-likeness (QED) is 0.582. The Morgan fingerprint density at radius 1 is 1.33 bits per heavy atom. The molecule has 0 aliphatic rings. The van der Waals surface area contributed by atoms with Crippen LogP contribution in [-0.2, 0) is 20.7 Å². The number of carbonyl (C=O) groups is 1. The summed E-state index contributed by atoms with van der Waals surface area (Å²) in [6, 6.07) is 8.17. The molecule has 1 aromatic heterocycles. The van der Waals surface area contributed by atoms with Crippen molar-refractivity contribution in [1.29, 1.82) is 0 Å². The number of hydrogen-bond donors (Lipinski definition) is 0. The van der Waals surface area contributed by atoms with Gasteiger partial charge < -0.3 is 9.47 Å². The van der Waals surface area contributed by atoms with E-state index in [4.69, 9.17) is 9.47 Å². The Kier molecular flexibility index (Phi) is 5.90. The average molecular weight is 305 g/mol. The predicted molar refractivity (Wildman–Crippen MR) is 83.4 cm³/mol. The molecule has 4 nitrogen and oxygen atoms in total. The monoisotopic (exact) mass is 305 g/mol. The highest BCUT2D eigenvalue weighted by Crippen LogP contribution is 2.24. The lowest BCUT2D eigenvalue weighted by Gasteiger charge is -2.03. The second-order valence-corrected chi connectivity index (χ2v) is 5.47. The summed E-state index contributed by atoms with van der Waals surface area (Å²) < 4.78 is 10.2. The summed E-state index contributed by atoms with van der Waals surface area (Å²) in [4.78, 5) is 16.2. The van der Waals surface area contributed by atoms with Gasteiger partial charge in [-0.05, 0) is 19.9 Å². The number of ether oxygens (including phenoxy) is 2. The minimum Gasteiger partial charge on any atom is -0.463 e. The molecule has 0 unspecified atom stereocenters. The summed E-state index contributed by atoms with van der Waals surface area (Å²) in [5.41, 5.74) is 3.02. The van der Waals surface area contributed by atoms with Crippen molar-refractivity contribution in [2.24, 2.45) is 0 Å². The van der Waals surface area contributed by atoms with E-state index in [2.05, 4.69) is 11.1 Å². The molecule has 0 aliphatic carbocycles. The van der Waals surface area contributed by atoms with Gasteiger partial charge in [-0.1, -0.05) is 23.8 Å². The van der Waals surface area contributed by atoms with E-state index in [1.807, 2.05) is 37.4 Å². The van der Waals surface area contributed by atoms with Gasteiger partial charge in [-0.3, -0.25) is 4.79 Å². The van der Waals surface area contributed by atoms with Crippen LogP contribution < -0.4 is 0 Å². The maximum atomic E-state index is 11.7. The Bertz CT molecular complexity index is 595. The highest BCUT2D eigenvalue weighted by atomic mass is 32.1. The number of aromatic nitrogens is 1. The number of hydrogen-bond acceptors (Lipinski definition) is 5. The van der Waals surface area contributed by atoms with Crippen molar-refractivity contribution in [1.82, 2.24) is 4.98 Å². The van der Waals surface area contributed by atoms with E-state index in [0.717, 1.165) is 16.3 Å². The number of aryl methyl sites for hydroxylation is 1. The first-order valence-electron chi connectivity index (χ1n) is 6.94. The lowest BCUT2D eigenvalue weighted by atomic mass is 10.1. The van der Waals surface area contributed by atoms with Crippen molar-refractivity contribution >= 4 is 17.3 Å². The average Bonchev–Trinajstić information content (AvgIpc) is 2.92. The molecule has 1 aromatic carbocycles. The van der Waals surface area contributed by atoms with Crippen LogP contribution in [0.2, 0.25) is 0 Å². The minimum atomic E-state index is -0.268. The summed E-state index contributed by atoms with van der Waals surface area (Å²) in [6.07, 6.45) is 0.203. The van der Waals surface area contributed by atoms with Crippen molar-refractivity contribution in [3.05, 3.63) is 40.9 Å². The normalized spacial score (nSPS) is 10.6. The molecule has 0 atom stereocenters. The van der Waals surface area contributed by atoms with Crippen LogP contribution in [-0.4, -0.2) is 30.8 Å². The molecule has 0 saturated heterocycles. The molecule has 5 heteroatoms. The van der Waals surface area contributed by atoms with Crippen molar-refractivity contribution in [3.63, 3.8) is 0 Å². The topological polar surface area (TPSA) is 48.4 Å². The number of rotatable bonds is 7. The fourth-order valence-electron chi connectivity index (χ4n) is 1.86. The zero-order valence-corrected chi connectivity index (χ0v) is 13.1. The van der Waals surface area contributed by atoms with Crippen LogP contribution in [0.4, 0.5) is 0 Å². The standard InChI is InChI=1S/C16H19NO3S/c1-3-19-7-8-20-15(18)10-14-11-21-16(17-14)13-6-4-5-12(2)9-13/h4-6,9,11H,3,7-8,10H2,1-2H3. The number of carbonyl (C=O) groups excluding carboxylic acids is 1. The first-order valence-corrected chi connectivity index (χ1v) is 7.82. The Labute approximate surface area is 128 Å². The van der Waals surface area contributed by atoms with Crippen LogP contribution >= 0.6 is 11.3 Å². The molecule has 0 N–H and O–H groups in total. The molecule has 0 spiro atoms. The third kappa shape index (κ3) is 4.95. The second kappa shape index (κ2) is 7.90. The Hall–Kier alpha value is -1.72. The van der Waals surface area contributed by atoms with Crippen molar-refractivity contribution in [3.8, 4) is 10.6 Å². The zero-order chi connectivity index (χ0) is 15.1. The van der Waals surface area contributed by atoms with Crippen LogP contribution in [0.1, 0.15) is 18.2 Å². The van der Waals surface area contributed by atoms with E-state index in [0.29, 0.717) is 19.8 Å². The second-order valence-electron chi connectivity index (χ2n) is 4.61. The molecule has 0 amide bonds. The van der Waals surface area contributed by atoms with Crippen LogP contribution in [0.3, 0.4) is 0 Å². The molecular weight excluding hydrogens is 286 g/mol. The van der Waals surface area contributed by atoms with Gasteiger partial charge in [0.25, 0.3) is 0 Å². The fraction of sp³-hybridized carbons (Fsp3) is 0.375.